The van der Waals surface area contributed by atoms with Crippen LogP contribution in [-0.4, -0.2) is 36.4 Å². The first-order valence-electron chi connectivity index (χ1n) is 4.96. The van der Waals surface area contributed by atoms with E-state index >= 15 is 0 Å². The molecule has 0 atom stereocenters. The molecule has 0 bridgehead atoms. The van der Waals surface area contributed by atoms with Crippen molar-refractivity contribution in [3.05, 3.63) is 31.5 Å². The van der Waals surface area contributed by atoms with Crippen LogP contribution in [-0.2, 0) is 0 Å². The van der Waals surface area contributed by atoms with E-state index in [1.54, 1.807) is 0 Å². The maximum absolute atomic E-state index is 12.0. The predicted molar refractivity (Wildman–Crippen MR) is 67.8 cm³/mol. The number of aromatic amines is 1. The first kappa shape index (κ1) is 14.1. The standard InChI is InChI=1S/C8H5Cl2N7O3/c1-2-3(7(18)12-8-13-15-16-14-8)5(9)11-6(10)4(2)17(19)20/h1H3,(H2,12,13,14,15,16,18). The zero-order valence-corrected chi connectivity index (χ0v) is 11.2. The van der Waals surface area contributed by atoms with Gasteiger partial charge in [0.1, 0.15) is 5.15 Å². The third-order valence-electron chi connectivity index (χ3n) is 2.31. The fourth-order valence-electron chi connectivity index (χ4n) is 1.48. The van der Waals surface area contributed by atoms with Crippen LogP contribution < -0.4 is 5.32 Å². The molecular weight excluding hydrogens is 313 g/mol. The summed E-state index contributed by atoms with van der Waals surface area (Å²) in [6.45, 7) is 1.34. The summed E-state index contributed by atoms with van der Waals surface area (Å²) in [7, 11) is 0. The molecule has 0 unspecified atom stereocenters. The van der Waals surface area contributed by atoms with Crippen LogP contribution in [0.4, 0.5) is 11.6 Å². The normalized spacial score (nSPS) is 10.3. The lowest BCUT2D eigenvalue weighted by Gasteiger charge is -2.08. The summed E-state index contributed by atoms with van der Waals surface area (Å²) in [5, 5.41) is 24.9. The Labute approximate surface area is 120 Å². The first-order chi connectivity index (χ1) is 9.41. The van der Waals surface area contributed by atoms with E-state index in [4.69, 9.17) is 23.2 Å². The average Bonchev–Trinajstić information content (AvgIpc) is 2.79. The molecule has 0 fully saturated rings. The van der Waals surface area contributed by atoms with Gasteiger partial charge in [-0.25, -0.2) is 4.98 Å². The van der Waals surface area contributed by atoms with Crippen LogP contribution in [0, 0.1) is 17.0 Å². The van der Waals surface area contributed by atoms with Crippen LogP contribution in [0.3, 0.4) is 0 Å². The van der Waals surface area contributed by atoms with Crippen molar-refractivity contribution in [3.63, 3.8) is 0 Å². The van der Waals surface area contributed by atoms with E-state index in [0.717, 1.165) is 0 Å². The van der Waals surface area contributed by atoms with Gasteiger partial charge in [0.2, 0.25) is 5.15 Å². The average molecular weight is 318 g/mol. The summed E-state index contributed by atoms with van der Waals surface area (Å²) in [6.07, 6.45) is 0. The lowest BCUT2D eigenvalue weighted by atomic mass is 10.1. The van der Waals surface area contributed by atoms with Crippen LogP contribution in [0.25, 0.3) is 0 Å². The second-order valence-corrected chi connectivity index (χ2v) is 4.20. The maximum Gasteiger partial charge on any atom is 0.310 e. The van der Waals surface area contributed by atoms with Crippen molar-refractivity contribution >= 4 is 40.7 Å². The van der Waals surface area contributed by atoms with Crippen molar-refractivity contribution in [1.82, 2.24) is 25.6 Å². The van der Waals surface area contributed by atoms with Crippen LogP contribution >= 0.6 is 23.2 Å². The summed E-state index contributed by atoms with van der Waals surface area (Å²) in [5.41, 5.74) is -0.692. The molecule has 20 heavy (non-hydrogen) atoms. The van der Waals surface area contributed by atoms with Gasteiger partial charge in [-0.15, -0.1) is 5.10 Å². The molecule has 104 valence electrons. The number of H-pyrrole nitrogens is 1. The number of halogens is 2. The number of hydrogen-bond acceptors (Lipinski definition) is 7. The first-order valence-corrected chi connectivity index (χ1v) is 5.72. The van der Waals surface area contributed by atoms with Crippen LogP contribution in [0.15, 0.2) is 0 Å². The Morgan fingerprint density at radius 1 is 1.40 bits per heavy atom. The van der Waals surface area contributed by atoms with Gasteiger partial charge in [-0.2, -0.15) is 5.21 Å². The molecule has 0 saturated carbocycles. The number of nitrogens with one attached hydrogen (secondary N) is 2. The van der Waals surface area contributed by atoms with Gasteiger partial charge in [-0.3, -0.25) is 20.2 Å². The molecule has 0 aliphatic rings. The predicted octanol–water partition coefficient (Wildman–Crippen LogP) is 1.37. The minimum atomic E-state index is -0.763. The third kappa shape index (κ3) is 2.51. The number of carbonyl (C=O) groups is 1. The van der Waals surface area contributed by atoms with E-state index in [0.29, 0.717) is 0 Å². The maximum atomic E-state index is 12.0. The lowest BCUT2D eigenvalue weighted by Crippen LogP contribution is -2.17. The van der Waals surface area contributed by atoms with Crippen molar-refractivity contribution in [2.45, 2.75) is 6.92 Å². The van der Waals surface area contributed by atoms with Crippen molar-refractivity contribution in [3.8, 4) is 0 Å². The second-order valence-electron chi connectivity index (χ2n) is 3.49. The van der Waals surface area contributed by atoms with E-state index in [1.165, 1.54) is 6.92 Å². The molecule has 2 heterocycles. The Balaban J connectivity index is 2.48. The highest BCUT2D eigenvalue weighted by Gasteiger charge is 2.27. The number of anilines is 1. The molecule has 1 amide bonds. The Morgan fingerprint density at radius 2 is 2.10 bits per heavy atom. The topological polar surface area (TPSA) is 140 Å². The van der Waals surface area contributed by atoms with Crippen molar-refractivity contribution < 1.29 is 9.72 Å². The largest absolute Gasteiger partial charge is 0.310 e. The van der Waals surface area contributed by atoms with Gasteiger partial charge in [0.15, 0.2) is 0 Å². The number of pyridine rings is 1. The summed E-state index contributed by atoms with van der Waals surface area (Å²) in [5.74, 6) is -0.871. The molecule has 2 N–H and O–H groups in total. The molecule has 2 rings (SSSR count). The Bertz CT molecular complexity index is 688. The van der Waals surface area contributed by atoms with Crippen LogP contribution in [0.1, 0.15) is 15.9 Å². The summed E-state index contributed by atoms with van der Waals surface area (Å²) in [4.78, 5) is 25.8. The zero-order valence-electron chi connectivity index (χ0n) is 9.72. The third-order valence-corrected chi connectivity index (χ3v) is 2.85. The molecule has 0 aliphatic carbocycles. The van der Waals surface area contributed by atoms with Crippen molar-refractivity contribution in [1.29, 1.82) is 0 Å². The quantitative estimate of drug-likeness (QED) is 0.494. The molecule has 0 spiro atoms. The second kappa shape index (κ2) is 5.35. The Hall–Kier alpha value is -2.33. The molecule has 2 aromatic heterocycles. The fourth-order valence-corrected chi connectivity index (χ4v) is 2.13. The minimum absolute atomic E-state index is 0.0130. The Morgan fingerprint density at radius 3 is 2.65 bits per heavy atom. The Kier molecular flexibility index (Phi) is 3.77. The number of rotatable bonds is 3. The number of nitrogens with zero attached hydrogens (tertiary/aromatic N) is 5. The highest BCUT2D eigenvalue weighted by molar-refractivity contribution is 6.36. The van der Waals surface area contributed by atoms with E-state index in [2.05, 4.69) is 30.9 Å². The van der Waals surface area contributed by atoms with Gasteiger partial charge >= 0.3 is 5.69 Å². The van der Waals surface area contributed by atoms with E-state index < -0.39 is 21.7 Å². The number of carbonyl (C=O) groups excluding carboxylic acids is 1. The number of amides is 1. The minimum Gasteiger partial charge on any atom is -0.288 e. The molecule has 2 aromatic rings. The molecular formula is C8H5Cl2N7O3. The molecule has 0 radical (unpaired) electrons. The number of tetrazole rings is 1. The van der Waals surface area contributed by atoms with Crippen molar-refractivity contribution in [2.75, 3.05) is 5.32 Å². The number of nitro groups is 1. The van der Waals surface area contributed by atoms with Crippen molar-refractivity contribution in [2.24, 2.45) is 0 Å². The monoisotopic (exact) mass is 317 g/mol. The molecule has 0 saturated heterocycles. The van der Waals surface area contributed by atoms with Gasteiger partial charge in [0, 0.05) is 5.56 Å². The molecule has 0 aromatic carbocycles. The van der Waals surface area contributed by atoms with E-state index in [-0.39, 0.29) is 22.2 Å². The molecule has 12 heteroatoms. The SMILES string of the molecule is Cc1c(C(=O)Nc2nn[nH]n2)c(Cl)nc(Cl)c1[N+](=O)[O-]. The van der Waals surface area contributed by atoms with Crippen LogP contribution in [0.5, 0.6) is 0 Å². The van der Waals surface area contributed by atoms with Gasteiger partial charge in [-0.1, -0.05) is 28.3 Å². The molecule has 10 nitrogen and oxygen atoms in total. The molecule has 0 aliphatic heterocycles. The van der Waals surface area contributed by atoms with E-state index in [1.807, 2.05) is 0 Å². The van der Waals surface area contributed by atoms with Gasteiger partial charge in [0.25, 0.3) is 11.9 Å². The highest BCUT2D eigenvalue weighted by atomic mass is 35.5. The highest BCUT2D eigenvalue weighted by Crippen LogP contribution is 2.32. The summed E-state index contributed by atoms with van der Waals surface area (Å²) >= 11 is 11.4. The smallest absolute Gasteiger partial charge is 0.288 e. The van der Waals surface area contributed by atoms with Gasteiger partial charge < -0.3 is 0 Å². The van der Waals surface area contributed by atoms with Gasteiger partial charge in [-0.05, 0) is 12.1 Å². The zero-order chi connectivity index (χ0) is 14.9. The number of hydrogen-bond donors (Lipinski definition) is 2. The number of aromatic nitrogens is 5. The summed E-state index contributed by atoms with van der Waals surface area (Å²) in [6, 6.07) is 0. The lowest BCUT2D eigenvalue weighted by molar-refractivity contribution is -0.385. The van der Waals surface area contributed by atoms with E-state index in [9.17, 15) is 14.9 Å². The van der Waals surface area contributed by atoms with Crippen LogP contribution in [0.2, 0.25) is 10.3 Å². The fraction of sp³-hybridized carbons (Fsp3) is 0.125. The van der Waals surface area contributed by atoms with Gasteiger partial charge in [0.05, 0.1) is 10.5 Å². The summed E-state index contributed by atoms with van der Waals surface area (Å²) < 4.78 is 0.